The third-order valence-corrected chi connectivity index (χ3v) is 5.94. The second-order valence-electron chi connectivity index (χ2n) is 7.64. The largest absolute Gasteiger partial charge is 0.497 e. The maximum atomic E-state index is 13.2. The number of nitrogens with one attached hydrogen (secondary N) is 1. The van der Waals surface area contributed by atoms with Crippen LogP contribution in [0.2, 0.25) is 5.02 Å². The Balaban J connectivity index is 1.62. The Kier molecular flexibility index (Phi) is 7.86. The van der Waals surface area contributed by atoms with E-state index in [-0.39, 0.29) is 22.6 Å². The van der Waals surface area contributed by atoms with Gasteiger partial charge < -0.3 is 9.47 Å². The van der Waals surface area contributed by atoms with Crippen LogP contribution in [0.5, 0.6) is 11.5 Å². The fourth-order valence-electron chi connectivity index (χ4n) is 3.38. The van der Waals surface area contributed by atoms with Gasteiger partial charge in [0.1, 0.15) is 17.1 Å². The van der Waals surface area contributed by atoms with Crippen molar-refractivity contribution < 1.29 is 28.7 Å². The maximum absolute atomic E-state index is 13.2. The summed E-state index contributed by atoms with van der Waals surface area (Å²) >= 11 is 9.21. The van der Waals surface area contributed by atoms with Crippen molar-refractivity contribution >= 4 is 69.2 Å². The number of barbiturate groups is 1. The molecule has 1 fully saturated rings. The highest BCUT2D eigenvalue weighted by molar-refractivity contribution is 9.10. The Morgan fingerprint density at radius 1 is 1.00 bits per heavy atom. The van der Waals surface area contributed by atoms with Crippen molar-refractivity contribution in [2.24, 2.45) is 0 Å². The molecule has 0 radical (unpaired) electrons. The van der Waals surface area contributed by atoms with Gasteiger partial charge in [-0.2, -0.15) is 0 Å². The van der Waals surface area contributed by atoms with Gasteiger partial charge in [-0.15, -0.1) is 0 Å². The van der Waals surface area contributed by atoms with Crippen molar-refractivity contribution in [3.8, 4) is 11.5 Å². The lowest BCUT2D eigenvalue weighted by atomic mass is 10.1. The fraction of sp³-hybridized carbons (Fsp3) is 0.0370. The third-order valence-electron chi connectivity index (χ3n) is 5.20. The molecule has 0 spiro atoms. The van der Waals surface area contributed by atoms with Gasteiger partial charge >= 0.3 is 12.0 Å². The van der Waals surface area contributed by atoms with Gasteiger partial charge in [0.15, 0.2) is 0 Å². The molecule has 10 heteroatoms. The van der Waals surface area contributed by atoms with Crippen molar-refractivity contribution in [3.05, 3.63) is 99.0 Å². The van der Waals surface area contributed by atoms with Crippen LogP contribution in [0.3, 0.4) is 0 Å². The summed E-state index contributed by atoms with van der Waals surface area (Å²) in [5.74, 6) is -1.74. The number of methoxy groups -OCH3 is 1. The number of ether oxygens (including phenoxy) is 2. The predicted octanol–water partition coefficient (Wildman–Crippen LogP) is 5.40. The SMILES string of the molecule is COc1ccc(N2C(=O)NC(=O)/C(=C/c3cc(Br)ccc3OC(=O)/C=C/c3ccc(Cl)cc3)C2=O)cc1. The molecular formula is C27H18BrClN2O6. The number of hydrogen-bond donors (Lipinski definition) is 1. The molecule has 1 heterocycles. The highest BCUT2D eigenvalue weighted by atomic mass is 79.9. The molecule has 3 aromatic rings. The first-order chi connectivity index (χ1) is 17.7. The van der Waals surface area contributed by atoms with Gasteiger partial charge in [-0.25, -0.2) is 14.5 Å². The van der Waals surface area contributed by atoms with Gasteiger partial charge in [0.25, 0.3) is 11.8 Å². The molecule has 0 bridgehead atoms. The molecule has 3 aromatic carbocycles. The highest BCUT2D eigenvalue weighted by Crippen LogP contribution is 2.29. The van der Waals surface area contributed by atoms with Crippen molar-refractivity contribution in [1.29, 1.82) is 0 Å². The molecule has 1 aliphatic heterocycles. The fourth-order valence-corrected chi connectivity index (χ4v) is 3.89. The molecule has 186 valence electrons. The van der Waals surface area contributed by atoms with Gasteiger partial charge in [-0.3, -0.25) is 14.9 Å². The molecule has 0 atom stereocenters. The van der Waals surface area contributed by atoms with E-state index in [1.807, 2.05) is 0 Å². The zero-order valence-corrected chi connectivity index (χ0v) is 21.6. The van der Waals surface area contributed by atoms with Crippen LogP contribution in [-0.2, 0) is 14.4 Å². The lowest BCUT2D eigenvalue weighted by Crippen LogP contribution is -2.54. The van der Waals surface area contributed by atoms with E-state index in [9.17, 15) is 19.2 Å². The Labute approximate surface area is 225 Å². The first-order valence-corrected chi connectivity index (χ1v) is 11.9. The molecule has 1 aliphatic rings. The minimum absolute atomic E-state index is 0.106. The quantitative estimate of drug-likeness (QED) is 0.181. The van der Waals surface area contributed by atoms with E-state index in [4.69, 9.17) is 21.1 Å². The summed E-state index contributed by atoms with van der Waals surface area (Å²) in [6, 6.07) is 16.9. The molecule has 0 aromatic heterocycles. The number of benzene rings is 3. The van der Waals surface area contributed by atoms with Crippen LogP contribution >= 0.6 is 27.5 Å². The molecule has 4 rings (SSSR count). The number of carbonyl (C=O) groups is 4. The second-order valence-corrected chi connectivity index (χ2v) is 9.00. The molecule has 4 amide bonds. The van der Waals surface area contributed by atoms with Gasteiger partial charge in [0.2, 0.25) is 0 Å². The smallest absolute Gasteiger partial charge is 0.336 e. The number of amides is 4. The first-order valence-electron chi connectivity index (χ1n) is 10.8. The lowest BCUT2D eigenvalue weighted by molar-refractivity contribution is -0.129. The van der Waals surface area contributed by atoms with Crippen molar-refractivity contribution in [2.75, 3.05) is 12.0 Å². The molecule has 1 N–H and O–H groups in total. The van der Waals surface area contributed by atoms with E-state index in [0.29, 0.717) is 15.2 Å². The number of esters is 1. The summed E-state index contributed by atoms with van der Waals surface area (Å²) in [6.07, 6.45) is 4.06. The number of carbonyl (C=O) groups excluding carboxylic acids is 4. The monoisotopic (exact) mass is 580 g/mol. The van der Waals surface area contributed by atoms with Crippen LogP contribution in [0.4, 0.5) is 10.5 Å². The van der Waals surface area contributed by atoms with Crippen molar-refractivity contribution in [1.82, 2.24) is 5.32 Å². The first kappa shape index (κ1) is 25.9. The Morgan fingerprint density at radius 3 is 2.38 bits per heavy atom. The molecule has 1 saturated heterocycles. The molecule has 0 saturated carbocycles. The normalized spacial score (nSPS) is 14.7. The number of rotatable bonds is 6. The van der Waals surface area contributed by atoms with Crippen molar-refractivity contribution in [3.63, 3.8) is 0 Å². The number of urea groups is 1. The Hall–Kier alpha value is -4.21. The number of halogens is 2. The summed E-state index contributed by atoms with van der Waals surface area (Å²) in [7, 11) is 1.49. The average molecular weight is 582 g/mol. The van der Waals surface area contributed by atoms with E-state index < -0.39 is 23.8 Å². The number of anilines is 1. The molecular weight excluding hydrogens is 564 g/mol. The minimum Gasteiger partial charge on any atom is -0.497 e. The van der Waals surface area contributed by atoms with Gasteiger partial charge in [0.05, 0.1) is 12.8 Å². The maximum Gasteiger partial charge on any atom is 0.336 e. The van der Waals surface area contributed by atoms with Gasteiger partial charge in [0, 0.05) is 21.1 Å². The number of hydrogen-bond acceptors (Lipinski definition) is 6. The minimum atomic E-state index is -0.884. The summed E-state index contributed by atoms with van der Waals surface area (Å²) in [6.45, 7) is 0. The van der Waals surface area contributed by atoms with E-state index >= 15 is 0 Å². The summed E-state index contributed by atoms with van der Waals surface area (Å²) < 4.78 is 11.2. The summed E-state index contributed by atoms with van der Waals surface area (Å²) in [4.78, 5) is 51.6. The molecule has 0 unspecified atom stereocenters. The van der Waals surface area contributed by atoms with E-state index in [0.717, 1.165) is 10.5 Å². The average Bonchev–Trinajstić information content (AvgIpc) is 2.88. The van der Waals surface area contributed by atoms with Crippen LogP contribution in [0.15, 0.2) is 82.9 Å². The Morgan fingerprint density at radius 2 is 1.70 bits per heavy atom. The van der Waals surface area contributed by atoms with Crippen LogP contribution in [0, 0.1) is 0 Å². The molecule has 37 heavy (non-hydrogen) atoms. The molecule has 0 aliphatic carbocycles. The number of imide groups is 2. The zero-order valence-electron chi connectivity index (χ0n) is 19.2. The second kappa shape index (κ2) is 11.2. The van der Waals surface area contributed by atoms with E-state index in [1.165, 1.54) is 37.5 Å². The van der Waals surface area contributed by atoms with Gasteiger partial charge in [-0.05, 0) is 72.3 Å². The van der Waals surface area contributed by atoms with E-state index in [2.05, 4.69) is 21.2 Å². The Bertz CT molecular complexity index is 1450. The summed E-state index contributed by atoms with van der Waals surface area (Å²) in [5, 5.41) is 2.73. The zero-order chi connectivity index (χ0) is 26.5. The molecule has 8 nitrogen and oxygen atoms in total. The van der Waals surface area contributed by atoms with Crippen LogP contribution in [0.1, 0.15) is 11.1 Å². The lowest BCUT2D eigenvalue weighted by Gasteiger charge is -2.26. The summed E-state index contributed by atoms with van der Waals surface area (Å²) in [5.41, 5.74) is 0.940. The van der Waals surface area contributed by atoms with E-state index in [1.54, 1.807) is 54.6 Å². The van der Waals surface area contributed by atoms with Gasteiger partial charge in [-0.1, -0.05) is 39.7 Å². The van der Waals surface area contributed by atoms with Crippen LogP contribution in [-0.4, -0.2) is 30.9 Å². The van der Waals surface area contributed by atoms with Crippen LogP contribution in [0.25, 0.3) is 12.2 Å². The van der Waals surface area contributed by atoms with Crippen molar-refractivity contribution in [2.45, 2.75) is 0 Å². The highest BCUT2D eigenvalue weighted by Gasteiger charge is 2.37. The third kappa shape index (κ3) is 6.14. The van der Waals surface area contributed by atoms with Crippen LogP contribution < -0.4 is 19.7 Å². The standard InChI is InChI=1S/C27H18BrClN2O6/c1-36-21-10-8-20(9-11-21)31-26(34)22(25(33)30-27(31)35)15-17-14-18(28)5-12-23(17)37-24(32)13-4-16-2-6-19(29)7-3-16/h2-15H,1H3,(H,30,33,35)/b13-4+,22-15-. The number of nitrogens with zero attached hydrogens (tertiary/aromatic N) is 1. The topological polar surface area (TPSA) is 102 Å². The predicted molar refractivity (Wildman–Crippen MR) is 142 cm³/mol.